The van der Waals surface area contributed by atoms with Crippen LogP contribution in [0.25, 0.3) is 21.5 Å². The van der Waals surface area contributed by atoms with Gasteiger partial charge in [-0.2, -0.15) is 0 Å². The van der Waals surface area contributed by atoms with Crippen LogP contribution >= 0.6 is 0 Å². The molecule has 0 saturated heterocycles. The maximum atomic E-state index is 5.21. The molecule has 0 radical (unpaired) electrons. The Kier molecular flexibility index (Phi) is 6.82. The molecule has 0 amide bonds. The molecule has 48 heavy (non-hydrogen) atoms. The molecule has 0 spiro atoms. The summed E-state index contributed by atoms with van der Waals surface area (Å²) in [5.41, 5.74) is 7.88. The highest BCUT2D eigenvalue weighted by Gasteiger charge is 2.26. The van der Waals surface area contributed by atoms with Crippen molar-refractivity contribution in [3.63, 3.8) is 0 Å². The molecule has 2 N–H and O–H groups in total. The van der Waals surface area contributed by atoms with Gasteiger partial charge in [-0.15, -0.1) is 0 Å². The highest BCUT2D eigenvalue weighted by Crippen LogP contribution is 2.38. The summed E-state index contributed by atoms with van der Waals surface area (Å²) in [5, 5.41) is 11.9. The summed E-state index contributed by atoms with van der Waals surface area (Å²) in [7, 11) is 0. The van der Waals surface area contributed by atoms with Crippen molar-refractivity contribution >= 4 is 44.6 Å². The molecule has 9 rings (SSSR count). The molecule has 228 valence electrons. The van der Waals surface area contributed by atoms with Gasteiger partial charge in [-0.05, 0) is 51.6 Å². The van der Waals surface area contributed by atoms with E-state index in [0.29, 0.717) is 0 Å². The van der Waals surface area contributed by atoms with Crippen LogP contribution in [0.1, 0.15) is 45.8 Å². The normalized spacial score (nSPS) is 17.0. The van der Waals surface area contributed by atoms with Crippen molar-refractivity contribution in [3.8, 4) is 0 Å². The fourth-order valence-corrected chi connectivity index (χ4v) is 6.54. The second kappa shape index (κ2) is 11.8. The van der Waals surface area contributed by atoms with Crippen LogP contribution in [0.3, 0.4) is 0 Å². The number of amidine groups is 2. The Morgan fingerprint density at radius 2 is 1.21 bits per heavy atom. The first-order valence-corrected chi connectivity index (χ1v) is 16.1. The van der Waals surface area contributed by atoms with Crippen molar-refractivity contribution in [1.29, 1.82) is 0 Å². The van der Waals surface area contributed by atoms with E-state index in [1.165, 1.54) is 10.8 Å². The molecule has 7 aromatic rings. The second-order valence-electron chi connectivity index (χ2n) is 12.0. The number of hydrogen-bond acceptors (Lipinski definition) is 6. The van der Waals surface area contributed by atoms with E-state index in [1.54, 1.807) is 0 Å². The summed E-state index contributed by atoms with van der Waals surface area (Å²) in [6.45, 7) is 0. The summed E-state index contributed by atoms with van der Waals surface area (Å²) in [5.74, 6) is 1.57. The number of nitrogens with zero attached hydrogens (tertiary/aromatic N) is 4. The predicted molar refractivity (Wildman–Crippen MR) is 196 cm³/mol. The van der Waals surface area contributed by atoms with Crippen LogP contribution in [0.2, 0.25) is 0 Å². The van der Waals surface area contributed by atoms with E-state index in [9.17, 15) is 0 Å². The van der Waals surface area contributed by atoms with Gasteiger partial charge in [-0.25, -0.2) is 9.98 Å². The van der Waals surface area contributed by atoms with E-state index in [0.717, 1.165) is 67.4 Å². The van der Waals surface area contributed by atoms with Crippen LogP contribution in [0.15, 0.2) is 173 Å². The zero-order chi connectivity index (χ0) is 31.9. The second-order valence-corrected chi connectivity index (χ2v) is 12.0. The number of rotatable bonds is 5. The number of aromatic nitrogens is 1. The van der Waals surface area contributed by atoms with E-state index in [-0.39, 0.29) is 6.17 Å². The molecule has 2 atom stereocenters. The first-order valence-electron chi connectivity index (χ1n) is 16.1. The molecule has 6 heteroatoms. The lowest BCUT2D eigenvalue weighted by Gasteiger charge is -2.27. The molecule has 0 bridgehead atoms. The van der Waals surface area contributed by atoms with Crippen molar-refractivity contribution < 1.29 is 0 Å². The van der Waals surface area contributed by atoms with E-state index >= 15 is 0 Å². The van der Waals surface area contributed by atoms with E-state index < -0.39 is 6.17 Å². The minimum Gasteiger partial charge on any atom is -0.359 e. The lowest BCUT2D eigenvalue weighted by molar-refractivity contribution is 0.757. The molecule has 2 aliphatic rings. The smallest absolute Gasteiger partial charge is 0.169 e. The molecule has 0 aliphatic carbocycles. The van der Waals surface area contributed by atoms with E-state index in [4.69, 9.17) is 20.0 Å². The maximum Gasteiger partial charge on any atom is 0.169 e. The Hall–Kier alpha value is -6.40. The third kappa shape index (κ3) is 5.10. The number of nitrogens with one attached hydrogen (secondary N) is 2. The number of hydrogen-bond donors (Lipinski definition) is 2. The number of benzene rings is 6. The molecular weight excluding hydrogens is 589 g/mol. The Labute approximate surface area is 278 Å². The summed E-state index contributed by atoms with van der Waals surface area (Å²) >= 11 is 0. The van der Waals surface area contributed by atoms with Gasteiger partial charge in [0.1, 0.15) is 17.8 Å². The summed E-state index contributed by atoms with van der Waals surface area (Å²) in [6.07, 6.45) is 1.16. The molecular formula is C42H30N6. The van der Waals surface area contributed by atoms with Crippen LogP contribution < -0.4 is 10.6 Å². The van der Waals surface area contributed by atoms with Crippen LogP contribution in [-0.4, -0.2) is 22.4 Å². The topological polar surface area (TPSA) is 74.0 Å². The number of anilines is 1. The van der Waals surface area contributed by atoms with E-state index in [1.807, 2.05) is 48.7 Å². The van der Waals surface area contributed by atoms with Crippen LogP contribution in [0, 0.1) is 0 Å². The van der Waals surface area contributed by atoms with Gasteiger partial charge in [0, 0.05) is 28.3 Å². The number of pyridine rings is 1. The lowest BCUT2D eigenvalue weighted by Crippen LogP contribution is -2.36. The molecule has 6 nitrogen and oxygen atoms in total. The van der Waals surface area contributed by atoms with Gasteiger partial charge in [-0.3, -0.25) is 9.98 Å². The minimum absolute atomic E-state index is 0.260. The number of aliphatic imine (C=N–C) groups is 3. The summed E-state index contributed by atoms with van der Waals surface area (Å²) in [6, 6.07) is 52.3. The zero-order valence-corrected chi connectivity index (χ0v) is 26.0. The first-order chi connectivity index (χ1) is 23.8. The van der Waals surface area contributed by atoms with Crippen molar-refractivity contribution in [3.05, 3.63) is 191 Å². The van der Waals surface area contributed by atoms with Gasteiger partial charge in [0.25, 0.3) is 0 Å². The van der Waals surface area contributed by atoms with Crippen molar-refractivity contribution in [2.24, 2.45) is 15.0 Å². The average Bonchev–Trinajstić information content (AvgIpc) is 3.18. The third-order valence-electron chi connectivity index (χ3n) is 8.97. The fourth-order valence-electron chi connectivity index (χ4n) is 6.54. The minimum atomic E-state index is -0.398. The standard InChI is InChI=1S/C42H30N6/c1-3-12-29(13-4-1)39-44-37-34(38(45-39)36-17-9-10-24-43-36)23-22-28-19-21-33(26-35(28)37)42-47-40(30-14-5-2-6-15-30)46-41(48-42)32-20-18-27-11-7-8-16-31(27)25-32/h1-26,39,41,44H,(H,46,47,48). The fraction of sp³-hybridized carbons (Fsp3) is 0.0476. The van der Waals surface area contributed by atoms with Gasteiger partial charge in [0.2, 0.25) is 0 Å². The van der Waals surface area contributed by atoms with Gasteiger partial charge in [-0.1, -0.05) is 127 Å². The quantitative estimate of drug-likeness (QED) is 0.202. The van der Waals surface area contributed by atoms with Gasteiger partial charge < -0.3 is 10.6 Å². The van der Waals surface area contributed by atoms with Gasteiger partial charge in [0.15, 0.2) is 6.17 Å². The third-order valence-corrected chi connectivity index (χ3v) is 8.97. The number of fused-ring (bicyclic) bond motifs is 4. The highest BCUT2D eigenvalue weighted by atomic mass is 15.2. The Morgan fingerprint density at radius 3 is 2.02 bits per heavy atom. The van der Waals surface area contributed by atoms with Crippen LogP contribution in [0.4, 0.5) is 5.69 Å². The Morgan fingerprint density at radius 1 is 0.500 bits per heavy atom. The molecule has 6 aromatic carbocycles. The van der Waals surface area contributed by atoms with E-state index in [2.05, 4.69) is 120 Å². The van der Waals surface area contributed by atoms with Crippen molar-refractivity contribution in [1.82, 2.24) is 10.3 Å². The highest BCUT2D eigenvalue weighted by molar-refractivity contribution is 6.21. The summed E-state index contributed by atoms with van der Waals surface area (Å²) < 4.78 is 0. The van der Waals surface area contributed by atoms with Crippen molar-refractivity contribution in [2.75, 3.05) is 5.32 Å². The Balaban J connectivity index is 1.18. The monoisotopic (exact) mass is 618 g/mol. The largest absolute Gasteiger partial charge is 0.359 e. The maximum absolute atomic E-state index is 5.21. The van der Waals surface area contributed by atoms with Gasteiger partial charge >= 0.3 is 0 Å². The molecule has 0 fully saturated rings. The predicted octanol–water partition coefficient (Wildman–Crippen LogP) is 8.85. The van der Waals surface area contributed by atoms with Crippen molar-refractivity contribution in [2.45, 2.75) is 12.3 Å². The molecule has 1 aromatic heterocycles. The first kappa shape index (κ1) is 27.9. The van der Waals surface area contributed by atoms with Gasteiger partial charge in [0.05, 0.1) is 17.1 Å². The lowest BCUT2D eigenvalue weighted by atomic mass is 9.94. The van der Waals surface area contributed by atoms with Crippen LogP contribution in [-0.2, 0) is 0 Å². The van der Waals surface area contributed by atoms with Crippen LogP contribution in [0.5, 0.6) is 0 Å². The zero-order valence-electron chi connectivity index (χ0n) is 26.0. The SMILES string of the molecule is c1ccc(C2=NC(c3ccc4ccccc4c3)N=C(c3ccc4ccc5c(c4c3)NC(c3ccccc3)N=C5c3ccccn3)N2)cc1. The molecule has 3 heterocycles. The molecule has 2 unspecified atom stereocenters. The average molecular weight is 619 g/mol. The molecule has 2 aliphatic heterocycles. The molecule has 0 saturated carbocycles. The Bertz CT molecular complexity index is 2400. The summed E-state index contributed by atoms with van der Waals surface area (Å²) in [4.78, 5) is 20.2.